The average molecular weight is 945 g/mol. The minimum absolute atomic E-state index is 0.0347. The molecule has 2 aliphatic heterocycles. The van der Waals surface area contributed by atoms with Gasteiger partial charge >= 0.3 is 29.8 Å². The van der Waals surface area contributed by atoms with Crippen LogP contribution in [0.2, 0.25) is 0 Å². The number of carbonyl (C=O) groups excluding carboxylic acids is 5. The highest BCUT2D eigenvalue weighted by atomic mass is 32.2. The minimum Gasteiger partial charge on any atom is -0.479 e. The largest absolute Gasteiger partial charge is 0.479 e. The zero-order chi connectivity index (χ0) is 48.4. The van der Waals surface area contributed by atoms with E-state index in [1.54, 1.807) is 72.8 Å². The van der Waals surface area contributed by atoms with Crippen molar-refractivity contribution in [1.29, 1.82) is 0 Å². The van der Waals surface area contributed by atoms with Crippen molar-refractivity contribution < 1.29 is 75.2 Å². The van der Waals surface area contributed by atoms with Gasteiger partial charge in [-0.3, -0.25) is 24.0 Å². The number of carbonyl (C=O) groups is 7. The van der Waals surface area contributed by atoms with Crippen LogP contribution in [-0.4, -0.2) is 106 Å². The highest BCUT2D eigenvalue weighted by Crippen LogP contribution is 2.35. The van der Waals surface area contributed by atoms with Crippen LogP contribution in [-0.2, 0) is 63.1 Å². The van der Waals surface area contributed by atoms with Crippen molar-refractivity contribution in [1.82, 2.24) is 7.94 Å². The van der Waals surface area contributed by atoms with E-state index in [0.717, 1.165) is 14.9 Å². The number of aliphatic carboxylic acids is 2. The molecule has 2 aromatic heterocycles. The first-order chi connectivity index (χ1) is 31.0. The molecule has 3 N–H and O–H groups in total. The van der Waals surface area contributed by atoms with E-state index in [-0.39, 0.29) is 35.7 Å². The average Bonchev–Trinajstić information content (AvgIpc) is 4.05. The summed E-state index contributed by atoms with van der Waals surface area (Å²) in [6, 6.07) is 28.5. The van der Waals surface area contributed by atoms with Crippen LogP contribution in [0.25, 0.3) is 21.8 Å². The first-order valence-corrected chi connectivity index (χ1v) is 22.5. The predicted molar refractivity (Wildman–Crippen MR) is 233 cm³/mol. The standard InChI is InChI=1S/C21H18N2O7S.C19H16N2O6S.C4H6O3/c1-14(24)30-21(20(26)27)10-12-22(19(21)25)16-7-8-18-15(13-16)9-11-23(18)31(28,29)17-5-3-2-4-6-17;22-17-19(25,18(23)24)9-11-20(17)14-6-7-16-13(12-14)8-10-21(16)28(26,27)15-4-2-1-3-5-15;1-3(5)7-4(2)6/h2-9,11,13H,10,12H2,1H3,(H,26,27);1-8,10,12,25H,9,11H2,(H,23,24);1-2H3. The Hall–Kier alpha value is -7.69. The van der Waals surface area contributed by atoms with E-state index in [9.17, 15) is 60.6 Å². The van der Waals surface area contributed by atoms with Gasteiger partial charge in [0.25, 0.3) is 37.5 Å². The lowest BCUT2D eigenvalue weighted by atomic mass is 10.0. The molecular formula is C44H40N4O16S2. The third-order valence-corrected chi connectivity index (χ3v) is 13.8. The number of rotatable bonds is 9. The van der Waals surface area contributed by atoms with E-state index in [1.165, 1.54) is 72.4 Å². The fourth-order valence-corrected chi connectivity index (χ4v) is 10.0. The van der Waals surface area contributed by atoms with Gasteiger partial charge in [0, 0.05) is 81.2 Å². The van der Waals surface area contributed by atoms with Gasteiger partial charge in [0.1, 0.15) is 0 Å². The number of hydrogen-bond acceptors (Lipinski definition) is 14. The van der Waals surface area contributed by atoms with Gasteiger partial charge in [0.15, 0.2) is 0 Å². The first kappa shape index (κ1) is 47.8. The number of amides is 2. The zero-order valence-corrected chi connectivity index (χ0v) is 36.8. The second-order valence-corrected chi connectivity index (χ2v) is 18.4. The van der Waals surface area contributed by atoms with Crippen molar-refractivity contribution in [2.45, 2.75) is 54.6 Å². The number of anilines is 2. The molecule has 20 nitrogen and oxygen atoms in total. The predicted octanol–water partition coefficient (Wildman–Crippen LogP) is 3.53. The Morgan fingerprint density at radius 3 is 1.35 bits per heavy atom. The summed E-state index contributed by atoms with van der Waals surface area (Å²) in [6.45, 7) is 3.49. The Morgan fingerprint density at radius 2 is 0.985 bits per heavy atom. The van der Waals surface area contributed by atoms with Crippen molar-refractivity contribution in [3.8, 4) is 0 Å². The van der Waals surface area contributed by atoms with Crippen LogP contribution < -0.4 is 9.80 Å². The summed E-state index contributed by atoms with van der Waals surface area (Å²) < 4.78 is 62.8. The molecule has 2 unspecified atom stereocenters. The van der Waals surface area contributed by atoms with Crippen molar-refractivity contribution in [3.05, 3.63) is 122 Å². The second kappa shape index (κ2) is 18.4. The lowest BCUT2D eigenvalue weighted by Crippen LogP contribution is -2.50. The van der Waals surface area contributed by atoms with Gasteiger partial charge in [-0.15, -0.1) is 0 Å². The van der Waals surface area contributed by atoms with E-state index in [0.29, 0.717) is 33.2 Å². The van der Waals surface area contributed by atoms with Gasteiger partial charge in [-0.2, -0.15) is 0 Å². The van der Waals surface area contributed by atoms with Crippen molar-refractivity contribution >= 4 is 94.9 Å². The number of benzene rings is 4. The van der Waals surface area contributed by atoms with Crippen LogP contribution >= 0.6 is 0 Å². The molecule has 344 valence electrons. The van der Waals surface area contributed by atoms with Crippen molar-refractivity contribution in [3.63, 3.8) is 0 Å². The molecule has 2 atom stereocenters. The van der Waals surface area contributed by atoms with E-state index in [1.807, 2.05) is 0 Å². The van der Waals surface area contributed by atoms with E-state index in [4.69, 9.17) is 9.84 Å². The molecule has 0 saturated carbocycles. The lowest BCUT2D eigenvalue weighted by molar-refractivity contribution is -0.179. The van der Waals surface area contributed by atoms with Crippen molar-refractivity contribution in [2.24, 2.45) is 0 Å². The number of fused-ring (bicyclic) bond motifs is 2. The Kier molecular flexibility index (Phi) is 13.3. The number of carboxylic acid groups (broad SMARTS) is 2. The van der Waals surface area contributed by atoms with Crippen LogP contribution in [0.1, 0.15) is 33.6 Å². The second-order valence-electron chi connectivity index (χ2n) is 14.7. The van der Waals surface area contributed by atoms with Crippen LogP contribution in [0.5, 0.6) is 0 Å². The molecular weight excluding hydrogens is 905 g/mol. The Morgan fingerprint density at radius 1 is 0.561 bits per heavy atom. The third-order valence-electron chi connectivity index (χ3n) is 10.4. The van der Waals surface area contributed by atoms with Crippen LogP contribution in [0.3, 0.4) is 0 Å². The van der Waals surface area contributed by atoms with Gasteiger partial charge in [0.05, 0.1) is 20.8 Å². The highest BCUT2D eigenvalue weighted by molar-refractivity contribution is 7.90. The fourth-order valence-electron chi connectivity index (χ4n) is 7.25. The fraction of sp³-hybridized carbons (Fsp3) is 0.205. The maximum Gasteiger partial charge on any atom is 0.358 e. The van der Waals surface area contributed by atoms with E-state index >= 15 is 0 Å². The number of aliphatic hydroxyl groups is 1. The van der Waals surface area contributed by atoms with Gasteiger partial charge in [-0.1, -0.05) is 36.4 Å². The number of ether oxygens (including phenoxy) is 2. The van der Waals surface area contributed by atoms with Crippen LogP contribution in [0.15, 0.2) is 131 Å². The Balaban J connectivity index is 0.000000192. The topological polar surface area (TPSA) is 283 Å². The lowest BCUT2D eigenvalue weighted by Gasteiger charge is -2.23. The summed E-state index contributed by atoms with van der Waals surface area (Å²) in [5.74, 6) is -6.87. The number of carboxylic acids is 2. The summed E-state index contributed by atoms with van der Waals surface area (Å²) >= 11 is 0. The van der Waals surface area contributed by atoms with Crippen molar-refractivity contribution in [2.75, 3.05) is 22.9 Å². The number of aromatic nitrogens is 2. The molecule has 0 radical (unpaired) electrons. The normalized spacial score (nSPS) is 18.2. The molecule has 8 rings (SSSR count). The molecule has 6 aromatic rings. The summed E-state index contributed by atoms with van der Waals surface area (Å²) in [6.07, 6.45) is 2.43. The van der Waals surface area contributed by atoms with Crippen LogP contribution in [0.4, 0.5) is 11.4 Å². The minimum atomic E-state index is -3.81. The maximum absolute atomic E-state index is 12.9. The first-order valence-electron chi connectivity index (χ1n) is 19.6. The monoisotopic (exact) mass is 944 g/mol. The maximum atomic E-state index is 12.9. The van der Waals surface area contributed by atoms with Crippen LogP contribution in [0, 0.1) is 0 Å². The Labute approximate surface area is 375 Å². The van der Waals surface area contributed by atoms with E-state index in [2.05, 4.69) is 4.74 Å². The van der Waals surface area contributed by atoms with E-state index < -0.39 is 72.9 Å². The number of esters is 3. The number of nitrogens with zero attached hydrogens (tertiary/aromatic N) is 4. The van der Waals surface area contributed by atoms with Gasteiger partial charge in [-0.25, -0.2) is 34.4 Å². The quantitative estimate of drug-likeness (QED) is 0.138. The summed E-state index contributed by atoms with van der Waals surface area (Å²) in [5, 5.41) is 29.8. The molecule has 0 aliphatic carbocycles. The smallest absolute Gasteiger partial charge is 0.358 e. The third kappa shape index (κ3) is 9.14. The van der Waals surface area contributed by atoms with Gasteiger partial charge < -0.3 is 34.6 Å². The molecule has 2 aliphatic rings. The molecule has 2 fully saturated rings. The number of hydrogen-bond donors (Lipinski definition) is 3. The zero-order valence-electron chi connectivity index (χ0n) is 35.1. The molecule has 0 bridgehead atoms. The molecule has 2 amide bonds. The molecule has 66 heavy (non-hydrogen) atoms. The summed E-state index contributed by atoms with van der Waals surface area (Å²) in [7, 11) is -7.58. The Bertz CT molecular complexity index is 3140. The molecule has 4 aromatic carbocycles. The molecule has 4 heterocycles. The summed E-state index contributed by atoms with van der Waals surface area (Å²) in [4.78, 5) is 81.8. The molecule has 0 spiro atoms. The van der Waals surface area contributed by atoms with Gasteiger partial charge in [-0.05, 0) is 72.8 Å². The summed E-state index contributed by atoms with van der Waals surface area (Å²) in [5.41, 5.74) is -3.09. The molecule has 22 heteroatoms. The van der Waals surface area contributed by atoms with Gasteiger partial charge in [0.2, 0.25) is 5.60 Å². The SMILES string of the molecule is CC(=O)OC(C)=O.CC(=O)OC1(C(=O)O)CCN(c2ccc3c(ccn3S(=O)(=O)c3ccccc3)c2)C1=O.O=C(O)C1(O)CCN(c2ccc3c(ccn3S(=O)(=O)c3ccccc3)c2)C1=O. The molecule has 2 saturated heterocycles. The highest BCUT2D eigenvalue weighted by Gasteiger charge is 2.57.